The minimum atomic E-state index is -0.193. The van der Waals surface area contributed by atoms with Crippen LogP contribution in [0.2, 0.25) is 5.02 Å². The third-order valence-electron chi connectivity index (χ3n) is 4.28. The molecule has 27 heavy (non-hydrogen) atoms. The average molecular weight is 386 g/mol. The molecule has 6 heteroatoms. The van der Waals surface area contributed by atoms with Crippen LogP contribution >= 0.6 is 11.6 Å². The zero-order valence-electron chi connectivity index (χ0n) is 15.8. The van der Waals surface area contributed by atoms with Crippen molar-refractivity contribution in [1.82, 2.24) is 15.3 Å². The molecule has 5 nitrogen and oxygen atoms in total. The van der Waals surface area contributed by atoms with Crippen LogP contribution in [0.15, 0.2) is 42.5 Å². The summed E-state index contributed by atoms with van der Waals surface area (Å²) in [7, 11) is 0. The van der Waals surface area contributed by atoms with Crippen LogP contribution < -0.4 is 10.1 Å². The molecule has 0 fully saturated rings. The Labute approximate surface area is 164 Å². The number of aromatic nitrogens is 2. The summed E-state index contributed by atoms with van der Waals surface area (Å²) in [6.45, 7) is 6.97. The van der Waals surface area contributed by atoms with Gasteiger partial charge in [0.15, 0.2) is 6.61 Å². The van der Waals surface area contributed by atoms with Gasteiger partial charge in [0.25, 0.3) is 5.91 Å². The lowest BCUT2D eigenvalue weighted by Crippen LogP contribution is -2.30. The van der Waals surface area contributed by atoms with Gasteiger partial charge < -0.3 is 15.0 Å². The molecule has 0 spiro atoms. The van der Waals surface area contributed by atoms with Gasteiger partial charge in [-0.2, -0.15) is 0 Å². The number of H-pyrrole nitrogens is 1. The minimum Gasteiger partial charge on any atom is -0.482 e. The number of aromatic amines is 1. The van der Waals surface area contributed by atoms with Gasteiger partial charge in [0.05, 0.1) is 16.1 Å². The fraction of sp³-hybridized carbons (Fsp3) is 0.333. The second-order valence-electron chi connectivity index (χ2n) is 7.48. The van der Waals surface area contributed by atoms with E-state index in [0.29, 0.717) is 23.7 Å². The molecule has 3 aromatic rings. The first-order chi connectivity index (χ1) is 12.8. The maximum Gasteiger partial charge on any atom is 0.257 e. The van der Waals surface area contributed by atoms with Crippen LogP contribution in [0, 0.1) is 0 Å². The predicted octanol–water partition coefficient (Wildman–Crippen LogP) is 4.25. The molecular weight excluding hydrogens is 362 g/mol. The number of rotatable bonds is 6. The smallest absolute Gasteiger partial charge is 0.257 e. The molecule has 0 saturated heterocycles. The summed E-state index contributed by atoms with van der Waals surface area (Å²) in [6.07, 6.45) is 0.622. The first-order valence-electron chi connectivity index (χ1n) is 8.96. The van der Waals surface area contributed by atoms with E-state index in [2.05, 4.69) is 48.2 Å². The topological polar surface area (TPSA) is 67.0 Å². The number of amides is 1. The van der Waals surface area contributed by atoms with E-state index in [1.54, 1.807) is 12.1 Å². The molecular formula is C21H24ClN3O2. The maximum atomic E-state index is 11.9. The highest BCUT2D eigenvalue weighted by atomic mass is 35.5. The lowest BCUT2D eigenvalue weighted by atomic mass is 9.87. The number of benzene rings is 2. The number of fused-ring (bicyclic) bond motifs is 1. The Morgan fingerprint density at radius 3 is 2.74 bits per heavy atom. The zero-order chi connectivity index (χ0) is 19.4. The van der Waals surface area contributed by atoms with Crippen LogP contribution in [0.3, 0.4) is 0 Å². The van der Waals surface area contributed by atoms with Gasteiger partial charge in [-0.3, -0.25) is 4.79 Å². The molecule has 0 saturated carbocycles. The van der Waals surface area contributed by atoms with Crippen molar-refractivity contribution in [3.63, 3.8) is 0 Å². The largest absolute Gasteiger partial charge is 0.482 e. The molecule has 0 unspecified atom stereocenters. The number of carbonyl (C=O) groups excluding carboxylic acids is 1. The molecule has 0 bridgehead atoms. The Balaban J connectivity index is 1.51. The van der Waals surface area contributed by atoms with Crippen LogP contribution in [0.25, 0.3) is 11.0 Å². The van der Waals surface area contributed by atoms with Gasteiger partial charge >= 0.3 is 0 Å². The molecule has 2 N–H and O–H groups in total. The summed E-state index contributed by atoms with van der Waals surface area (Å²) in [4.78, 5) is 19.9. The number of nitrogens with zero attached hydrogens (tertiary/aromatic N) is 1. The van der Waals surface area contributed by atoms with Crippen molar-refractivity contribution in [1.29, 1.82) is 0 Å². The summed E-state index contributed by atoms with van der Waals surface area (Å²) in [5.41, 5.74) is 3.31. The molecule has 0 atom stereocenters. The van der Waals surface area contributed by atoms with Crippen LogP contribution in [0.1, 0.15) is 32.2 Å². The number of hydrogen-bond donors (Lipinski definition) is 2. The number of carbonyl (C=O) groups is 1. The number of imidazole rings is 1. The van der Waals surface area contributed by atoms with Gasteiger partial charge in [-0.15, -0.1) is 0 Å². The Kier molecular flexibility index (Phi) is 5.71. The Morgan fingerprint density at radius 1 is 1.22 bits per heavy atom. The van der Waals surface area contributed by atoms with E-state index in [1.807, 2.05) is 18.2 Å². The van der Waals surface area contributed by atoms with E-state index in [1.165, 1.54) is 5.56 Å². The maximum absolute atomic E-state index is 11.9. The van der Waals surface area contributed by atoms with Gasteiger partial charge in [-0.05, 0) is 35.2 Å². The van der Waals surface area contributed by atoms with E-state index < -0.39 is 0 Å². The molecule has 142 valence electrons. The Hall–Kier alpha value is -2.53. The Morgan fingerprint density at radius 2 is 2.00 bits per heavy atom. The third-order valence-corrected chi connectivity index (χ3v) is 4.59. The number of ether oxygens (including phenoxy) is 1. The summed E-state index contributed by atoms with van der Waals surface area (Å²) >= 11 is 6.00. The molecule has 0 aliphatic heterocycles. The Bertz CT molecular complexity index is 944. The van der Waals surface area contributed by atoms with Crippen LogP contribution in [-0.2, 0) is 16.6 Å². The summed E-state index contributed by atoms with van der Waals surface area (Å²) in [5, 5.41) is 3.32. The van der Waals surface area contributed by atoms with Gasteiger partial charge in [-0.25, -0.2) is 4.98 Å². The molecule has 2 aromatic carbocycles. The SMILES string of the molecule is CC(C)(C)c1ccc2nc(CCNC(=O)COc3ccccc3Cl)[nH]c2c1. The third kappa shape index (κ3) is 5.01. The van der Waals surface area contributed by atoms with E-state index in [-0.39, 0.29) is 17.9 Å². The molecule has 0 radical (unpaired) electrons. The predicted molar refractivity (Wildman–Crippen MR) is 108 cm³/mol. The molecule has 1 aromatic heterocycles. The van der Waals surface area contributed by atoms with E-state index in [0.717, 1.165) is 16.9 Å². The van der Waals surface area contributed by atoms with Gasteiger partial charge in [0, 0.05) is 13.0 Å². The van der Waals surface area contributed by atoms with Crippen LogP contribution in [-0.4, -0.2) is 29.0 Å². The van der Waals surface area contributed by atoms with Gasteiger partial charge in [-0.1, -0.05) is 50.6 Å². The van der Waals surface area contributed by atoms with Gasteiger partial charge in [0.1, 0.15) is 11.6 Å². The van der Waals surface area contributed by atoms with E-state index >= 15 is 0 Å². The molecule has 1 heterocycles. The molecule has 3 rings (SSSR count). The molecule has 1 amide bonds. The highest BCUT2D eigenvalue weighted by Gasteiger charge is 2.15. The van der Waals surface area contributed by atoms with E-state index in [4.69, 9.17) is 16.3 Å². The zero-order valence-corrected chi connectivity index (χ0v) is 16.6. The number of hydrogen-bond acceptors (Lipinski definition) is 3. The highest BCUT2D eigenvalue weighted by molar-refractivity contribution is 6.32. The van der Waals surface area contributed by atoms with Crippen molar-refractivity contribution in [2.75, 3.05) is 13.2 Å². The van der Waals surface area contributed by atoms with Crippen molar-refractivity contribution in [3.8, 4) is 5.75 Å². The number of para-hydroxylation sites is 1. The normalized spacial score (nSPS) is 11.6. The van der Waals surface area contributed by atoms with E-state index in [9.17, 15) is 4.79 Å². The van der Waals surface area contributed by atoms with Crippen molar-refractivity contribution < 1.29 is 9.53 Å². The summed E-state index contributed by atoms with van der Waals surface area (Å²) < 4.78 is 5.43. The summed E-state index contributed by atoms with van der Waals surface area (Å²) in [6, 6.07) is 13.4. The fourth-order valence-electron chi connectivity index (χ4n) is 2.72. The highest BCUT2D eigenvalue weighted by Crippen LogP contribution is 2.25. The van der Waals surface area contributed by atoms with Crippen molar-refractivity contribution in [2.45, 2.75) is 32.6 Å². The lowest BCUT2D eigenvalue weighted by Gasteiger charge is -2.18. The minimum absolute atomic E-state index is 0.0706. The second kappa shape index (κ2) is 8.01. The second-order valence-corrected chi connectivity index (χ2v) is 7.89. The fourth-order valence-corrected chi connectivity index (χ4v) is 2.91. The monoisotopic (exact) mass is 385 g/mol. The standard InChI is InChI=1S/C21H24ClN3O2/c1-21(2,3)14-8-9-16-17(12-14)25-19(24-16)10-11-23-20(26)13-27-18-7-5-4-6-15(18)22/h4-9,12H,10-11,13H2,1-3H3,(H,23,26)(H,24,25). The first-order valence-corrected chi connectivity index (χ1v) is 9.34. The lowest BCUT2D eigenvalue weighted by molar-refractivity contribution is -0.123. The van der Waals surface area contributed by atoms with Gasteiger partial charge in [0.2, 0.25) is 0 Å². The number of halogens is 1. The van der Waals surface area contributed by atoms with Crippen molar-refractivity contribution in [2.24, 2.45) is 0 Å². The first kappa shape index (κ1) is 19.2. The summed E-state index contributed by atoms with van der Waals surface area (Å²) in [5.74, 6) is 1.16. The quantitative estimate of drug-likeness (QED) is 0.666. The van der Waals surface area contributed by atoms with Crippen LogP contribution in [0.5, 0.6) is 5.75 Å². The van der Waals surface area contributed by atoms with Crippen molar-refractivity contribution >= 4 is 28.5 Å². The van der Waals surface area contributed by atoms with Crippen molar-refractivity contribution in [3.05, 3.63) is 58.9 Å². The number of nitrogens with one attached hydrogen (secondary N) is 2. The van der Waals surface area contributed by atoms with Crippen LogP contribution in [0.4, 0.5) is 0 Å². The average Bonchev–Trinajstić information content (AvgIpc) is 3.02. The molecule has 0 aliphatic carbocycles. The molecule has 0 aliphatic rings.